The first-order valence-corrected chi connectivity index (χ1v) is 6.16. The molecule has 0 spiro atoms. The van der Waals surface area contributed by atoms with Gasteiger partial charge < -0.3 is 5.73 Å². The second kappa shape index (κ2) is 4.43. The van der Waals surface area contributed by atoms with Gasteiger partial charge in [0.1, 0.15) is 0 Å². The third-order valence-corrected chi connectivity index (χ3v) is 3.96. The van der Waals surface area contributed by atoms with Crippen molar-refractivity contribution in [1.82, 2.24) is 4.90 Å². The molecule has 1 aliphatic rings. The third-order valence-electron chi connectivity index (χ3n) is 2.99. The summed E-state index contributed by atoms with van der Waals surface area (Å²) in [5, 5.41) is 2.14. The summed E-state index contributed by atoms with van der Waals surface area (Å²) in [6.07, 6.45) is 1.32. The van der Waals surface area contributed by atoms with Crippen LogP contribution in [0.1, 0.15) is 24.3 Å². The molecule has 1 aromatic heterocycles. The summed E-state index contributed by atoms with van der Waals surface area (Å²) in [5.41, 5.74) is 5.85. The zero-order chi connectivity index (χ0) is 9.97. The lowest BCUT2D eigenvalue weighted by Crippen LogP contribution is -2.31. The first-order chi connectivity index (χ1) is 6.81. The third kappa shape index (κ3) is 2.00. The summed E-state index contributed by atoms with van der Waals surface area (Å²) in [4.78, 5) is 3.94. The van der Waals surface area contributed by atoms with E-state index in [1.165, 1.54) is 24.4 Å². The minimum absolute atomic E-state index is 0.458. The van der Waals surface area contributed by atoms with Crippen LogP contribution in [0.5, 0.6) is 0 Å². The Morgan fingerprint density at radius 3 is 3.07 bits per heavy atom. The fraction of sp³-hybridized carbons (Fsp3) is 0.636. The molecule has 14 heavy (non-hydrogen) atoms. The molecule has 2 heterocycles. The molecule has 0 aliphatic carbocycles. The molecule has 1 aliphatic heterocycles. The minimum Gasteiger partial charge on any atom is -0.329 e. The normalized spacial score (nSPS) is 25.4. The molecular formula is C11H18N2S. The first kappa shape index (κ1) is 10.1. The standard InChI is InChI=1S/C11H18N2S/c1-9-4-5-13(8-9)10(7-12)11-3-2-6-14-11/h2-3,6,9-10H,4-5,7-8,12H2,1H3. The van der Waals surface area contributed by atoms with Crippen molar-refractivity contribution in [3.05, 3.63) is 22.4 Å². The molecule has 78 valence electrons. The van der Waals surface area contributed by atoms with Crippen molar-refractivity contribution in [3.63, 3.8) is 0 Å². The van der Waals surface area contributed by atoms with Gasteiger partial charge in [-0.1, -0.05) is 13.0 Å². The predicted molar refractivity (Wildman–Crippen MR) is 61.5 cm³/mol. The van der Waals surface area contributed by atoms with Gasteiger partial charge in [-0.3, -0.25) is 4.90 Å². The quantitative estimate of drug-likeness (QED) is 0.827. The van der Waals surface area contributed by atoms with E-state index in [-0.39, 0.29) is 0 Å². The monoisotopic (exact) mass is 210 g/mol. The Bertz CT molecular complexity index is 271. The van der Waals surface area contributed by atoms with Crippen molar-refractivity contribution in [1.29, 1.82) is 0 Å². The van der Waals surface area contributed by atoms with Crippen LogP contribution in [-0.2, 0) is 0 Å². The average Bonchev–Trinajstić information content (AvgIpc) is 2.79. The minimum atomic E-state index is 0.458. The van der Waals surface area contributed by atoms with Gasteiger partial charge in [0, 0.05) is 18.0 Å². The SMILES string of the molecule is CC1CCN(C(CN)c2cccs2)C1. The van der Waals surface area contributed by atoms with Crippen LogP contribution in [0.3, 0.4) is 0 Å². The van der Waals surface area contributed by atoms with Gasteiger partial charge in [0.25, 0.3) is 0 Å². The number of hydrogen-bond donors (Lipinski definition) is 1. The molecule has 3 heteroatoms. The molecule has 0 amide bonds. The maximum Gasteiger partial charge on any atom is 0.0564 e. The van der Waals surface area contributed by atoms with E-state index in [2.05, 4.69) is 29.3 Å². The smallest absolute Gasteiger partial charge is 0.0564 e. The zero-order valence-electron chi connectivity index (χ0n) is 8.65. The van der Waals surface area contributed by atoms with E-state index in [4.69, 9.17) is 5.73 Å². The lowest BCUT2D eigenvalue weighted by atomic mass is 10.2. The molecule has 1 aromatic rings. The molecule has 2 unspecified atom stereocenters. The Balaban J connectivity index is 2.07. The van der Waals surface area contributed by atoms with Crippen LogP contribution in [0.4, 0.5) is 0 Å². The van der Waals surface area contributed by atoms with Gasteiger partial charge in [0.05, 0.1) is 6.04 Å². The Morgan fingerprint density at radius 1 is 1.71 bits per heavy atom. The van der Waals surface area contributed by atoms with Crippen LogP contribution >= 0.6 is 11.3 Å². The second-order valence-corrected chi connectivity index (χ2v) is 5.13. The Labute approximate surface area is 89.7 Å². The highest BCUT2D eigenvalue weighted by Gasteiger charge is 2.26. The van der Waals surface area contributed by atoms with Gasteiger partial charge in [-0.15, -0.1) is 11.3 Å². The first-order valence-electron chi connectivity index (χ1n) is 5.28. The Kier molecular flexibility index (Phi) is 3.21. The zero-order valence-corrected chi connectivity index (χ0v) is 9.46. The molecule has 2 nitrogen and oxygen atoms in total. The maximum atomic E-state index is 5.85. The highest BCUT2D eigenvalue weighted by atomic mass is 32.1. The van der Waals surface area contributed by atoms with Gasteiger partial charge in [0.15, 0.2) is 0 Å². The topological polar surface area (TPSA) is 29.3 Å². The fourth-order valence-corrected chi connectivity index (χ4v) is 3.05. The number of rotatable bonds is 3. The van der Waals surface area contributed by atoms with Gasteiger partial charge in [-0.05, 0) is 30.3 Å². The van der Waals surface area contributed by atoms with Crippen LogP contribution in [0.15, 0.2) is 17.5 Å². The van der Waals surface area contributed by atoms with Gasteiger partial charge >= 0.3 is 0 Å². The van der Waals surface area contributed by atoms with Crippen molar-refractivity contribution in [2.45, 2.75) is 19.4 Å². The number of nitrogens with zero attached hydrogens (tertiary/aromatic N) is 1. The number of thiophene rings is 1. The van der Waals surface area contributed by atoms with Crippen LogP contribution in [-0.4, -0.2) is 24.5 Å². The van der Waals surface area contributed by atoms with Crippen LogP contribution in [0, 0.1) is 5.92 Å². The number of hydrogen-bond acceptors (Lipinski definition) is 3. The van der Waals surface area contributed by atoms with E-state index in [9.17, 15) is 0 Å². The molecule has 2 N–H and O–H groups in total. The number of nitrogens with two attached hydrogens (primary N) is 1. The summed E-state index contributed by atoms with van der Waals surface area (Å²) in [7, 11) is 0. The Hall–Kier alpha value is -0.380. The van der Waals surface area contributed by atoms with Gasteiger partial charge in [-0.2, -0.15) is 0 Å². The van der Waals surface area contributed by atoms with Crippen molar-refractivity contribution < 1.29 is 0 Å². The van der Waals surface area contributed by atoms with Gasteiger partial charge in [-0.25, -0.2) is 0 Å². The second-order valence-electron chi connectivity index (χ2n) is 4.16. The molecular weight excluding hydrogens is 192 g/mol. The molecule has 0 aromatic carbocycles. The van der Waals surface area contributed by atoms with Crippen LogP contribution in [0.25, 0.3) is 0 Å². The number of likely N-dealkylation sites (tertiary alicyclic amines) is 1. The molecule has 1 fully saturated rings. The molecule has 2 rings (SSSR count). The Morgan fingerprint density at radius 2 is 2.57 bits per heavy atom. The summed E-state index contributed by atoms with van der Waals surface area (Å²) >= 11 is 1.82. The highest BCUT2D eigenvalue weighted by Crippen LogP contribution is 2.29. The summed E-state index contributed by atoms with van der Waals surface area (Å²) in [6, 6.07) is 4.77. The lowest BCUT2D eigenvalue weighted by molar-refractivity contribution is 0.247. The van der Waals surface area contributed by atoms with E-state index < -0.39 is 0 Å². The van der Waals surface area contributed by atoms with E-state index in [0.717, 1.165) is 12.5 Å². The van der Waals surface area contributed by atoms with Crippen molar-refractivity contribution in [2.75, 3.05) is 19.6 Å². The predicted octanol–water partition coefficient (Wildman–Crippen LogP) is 2.09. The highest BCUT2D eigenvalue weighted by molar-refractivity contribution is 7.10. The molecule has 1 saturated heterocycles. The van der Waals surface area contributed by atoms with Gasteiger partial charge in [0.2, 0.25) is 0 Å². The fourth-order valence-electron chi connectivity index (χ4n) is 2.18. The van der Waals surface area contributed by atoms with E-state index in [1.54, 1.807) is 0 Å². The summed E-state index contributed by atoms with van der Waals surface area (Å²) in [6.45, 7) is 5.48. The molecule has 0 radical (unpaired) electrons. The van der Waals surface area contributed by atoms with Crippen molar-refractivity contribution in [3.8, 4) is 0 Å². The summed E-state index contributed by atoms with van der Waals surface area (Å²) in [5.74, 6) is 0.837. The van der Waals surface area contributed by atoms with Crippen molar-refractivity contribution in [2.24, 2.45) is 11.7 Å². The maximum absolute atomic E-state index is 5.85. The summed E-state index contributed by atoms with van der Waals surface area (Å²) < 4.78 is 0. The molecule has 0 bridgehead atoms. The van der Waals surface area contributed by atoms with E-state index >= 15 is 0 Å². The molecule has 2 atom stereocenters. The average molecular weight is 210 g/mol. The van der Waals surface area contributed by atoms with E-state index in [1.807, 2.05) is 11.3 Å². The van der Waals surface area contributed by atoms with Crippen molar-refractivity contribution >= 4 is 11.3 Å². The van der Waals surface area contributed by atoms with Crippen LogP contribution < -0.4 is 5.73 Å². The lowest BCUT2D eigenvalue weighted by Gasteiger charge is -2.25. The molecule has 0 saturated carbocycles. The van der Waals surface area contributed by atoms with E-state index in [0.29, 0.717) is 6.04 Å². The van der Waals surface area contributed by atoms with Crippen LogP contribution in [0.2, 0.25) is 0 Å². The largest absolute Gasteiger partial charge is 0.329 e.